The van der Waals surface area contributed by atoms with Gasteiger partial charge in [-0.2, -0.15) is 0 Å². The highest BCUT2D eigenvalue weighted by Gasteiger charge is 2.34. The van der Waals surface area contributed by atoms with Gasteiger partial charge >= 0.3 is 0 Å². The van der Waals surface area contributed by atoms with Gasteiger partial charge in [-0.15, -0.1) is 11.6 Å². The number of aromatic nitrogens is 2. The summed E-state index contributed by atoms with van der Waals surface area (Å²) in [5.41, 5.74) is 0.734. The first-order valence-electron chi connectivity index (χ1n) is 6.95. The van der Waals surface area contributed by atoms with Crippen LogP contribution in [-0.2, 0) is 5.88 Å². The summed E-state index contributed by atoms with van der Waals surface area (Å²) in [6, 6.07) is 2.77. The Morgan fingerprint density at radius 2 is 2.05 bits per heavy atom. The van der Waals surface area contributed by atoms with E-state index in [4.69, 9.17) is 11.6 Å². The predicted octanol–water partition coefficient (Wildman–Crippen LogP) is 4.66. The van der Waals surface area contributed by atoms with Crippen molar-refractivity contribution >= 4 is 22.6 Å². The minimum absolute atomic E-state index is 0.139. The number of fused-ring (bicyclic) bond motifs is 1. The highest BCUT2D eigenvalue weighted by Crippen LogP contribution is 2.42. The predicted molar refractivity (Wildman–Crippen MR) is 75.8 cm³/mol. The van der Waals surface area contributed by atoms with Gasteiger partial charge in [-0.3, -0.25) is 0 Å². The third-order valence-electron chi connectivity index (χ3n) is 4.69. The molecule has 2 aromatic rings. The summed E-state index contributed by atoms with van der Waals surface area (Å²) in [6.45, 7) is 4.35. The molecule has 0 radical (unpaired) electrons. The molecular weight excluding hydrogens is 282 g/mol. The van der Waals surface area contributed by atoms with Crippen molar-refractivity contribution in [2.24, 2.45) is 11.8 Å². The van der Waals surface area contributed by atoms with Crippen LogP contribution >= 0.6 is 11.6 Å². The molecule has 2 nitrogen and oxygen atoms in total. The highest BCUT2D eigenvalue weighted by molar-refractivity contribution is 6.16. The fraction of sp³-hybridized carbons (Fsp3) is 0.533. The molecule has 1 aliphatic rings. The van der Waals surface area contributed by atoms with Crippen LogP contribution in [0.25, 0.3) is 11.0 Å². The van der Waals surface area contributed by atoms with Gasteiger partial charge in [0.05, 0.1) is 11.4 Å². The first-order valence-corrected chi connectivity index (χ1v) is 7.48. The number of imidazole rings is 1. The third-order valence-corrected chi connectivity index (χ3v) is 4.93. The molecule has 0 spiro atoms. The molecule has 1 heterocycles. The van der Waals surface area contributed by atoms with Gasteiger partial charge in [-0.1, -0.05) is 13.8 Å². The Bertz CT molecular complexity index is 653. The van der Waals surface area contributed by atoms with Gasteiger partial charge in [0, 0.05) is 6.04 Å². The minimum atomic E-state index is -0.835. The quantitative estimate of drug-likeness (QED) is 0.737. The summed E-state index contributed by atoms with van der Waals surface area (Å²) in [6.07, 6.45) is 2.04. The van der Waals surface area contributed by atoms with E-state index in [1.165, 1.54) is 6.07 Å². The van der Waals surface area contributed by atoms with E-state index < -0.39 is 11.6 Å². The van der Waals surface area contributed by atoms with Crippen LogP contribution in [0.5, 0.6) is 0 Å². The molecule has 3 unspecified atom stereocenters. The standard InChI is InChI=1S/C15H17ClF2N2/c1-8-3-6-12(9(8)2)20-13(7-16)19-11-5-4-10(17)14(18)15(11)20/h4-5,8-9,12H,3,6-7H2,1-2H3. The molecule has 0 aliphatic heterocycles. The lowest BCUT2D eigenvalue weighted by Gasteiger charge is -2.22. The Morgan fingerprint density at radius 3 is 2.65 bits per heavy atom. The van der Waals surface area contributed by atoms with Crippen molar-refractivity contribution in [3.8, 4) is 0 Å². The van der Waals surface area contributed by atoms with E-state index >= 15 is 0 Å². The van der Waals surface area contributed by atoms with Crippen molar-refractivity contribution in [3.05, 3.63) is 29.6 Å². The van der Waals surface area contributed by atoms with Crippen molar-refractivity contribution in [2.75, 3.05) is 0 Å². The summed E-state index contributed by atoms with van der Waals surface area (Å²) in [5.74, 6) is 0.135. The highest BCUT2D eigenvalue weighted by atomic mass is 35.5. The summed E-state index contributed by atoms with van der Waals surface area (Å²) in [7, 11) is 0. The molecule has 0 N–H and O–H groups in total. The number of nitrogens with zero attached hydrogens (tertiary/aromatic N) is 2. The largest absolute Gasteiger partial charge is 0.321 e. The van der Waals surface area contributed by atoms with Crippen molar-refractivity contribution in [3.63, 3.8) is 0 Å². The molecule has 20 heavy (non-hydrogen) atoms. The number of hydrogen-bond donors (Lipinski definition) is 0. The number of halogens is 3. The fourth-order valence-corrected chi connectivity index (χ4v) is 3.51. The van der Waals surface area contributed by atoms with Crippen LogP contribution in [0.3, 0.4) is 0 Å². The summed E-state index contributed by atoms with van der Waals surface area (Å²) >= 11 is 5.96. The van der Waals surface area contributed by atoms with E-state index in [9.17, 15) is 8.78 Å². The second-order valence-corrected chi connectivity index (χ2v) is 6.01. The first-order chi connectivity index (χ1) is 9.54. The molecule has 1 aliphatic carbocycles. The Hall–Kier alpha value is -1.16. The molecule has 3 atom stereocenters. The van der Waals surface area contributed by atoms with Gasteiger partial charge in [0.1, 0.15) is 11.3 Å². The molecule has 0 saturated heterocycles. The summed E-state index contributed by atoms with van der Waals surface area (Å²) in [4.78, 5) is 4.36. The molecule has 5 heteroatoms. The zero-order valence-corrected chi connectivity index (χ0v) is 12.3. The molecule has 0 amide bonds. The van der Waals surface area contributed by atoms with Crippen molar-refractivity contribution in [1.29, 1.82) is 0 Å². The fourth-order valence-electron chi connectivity index (χ4n) is 3.33. The van der Waals surface area contributed by atoms with Crippen LogP contribution in [0, 0.1) is 23.5 Å². The molecule has 1 aromatic heterocycles. The molecule has 0 bridgehead atoms. The monoisotopic (exact) mass is 298 g/mol. The van der Waals surface area contributed by atoms with Gasteiger partial charge < -0.3 is 4.57 Å². The van der Waals surface area contributed by atoms with E-state index in [0.29, 0.717) is 23.2 Å². The van der Waals surface area contributed by atoms with Gasteiger partial charge in [0.15, 0.2) is 11.6 Å². The molecule has 108 valence electrons. The van der Waals surface area contributed by atoms with Gasteiger partial charge in [-0.25, -0.2) is 13.8 Å². The van der Waals surface area contributed by atoms with Crippen LogP contribution < -0.4 is 0 Å². The molecule has 3 rings (SSSR count). The SMILES string of the molecule is CC1CCC(n2c(CCl)nc3ccc(F)c(F)c32)C1C. The lowest BCUT2D eigenvalue weighted by molar-refractivity contribution is 0.351. The zero-order chi connectivity index (χ0) is 14.4. The van der Waals surface area contributed by atoms with E-state index in [1.54, 1.807) is 0 Å². The maximum atomic E-state index is 14.2. The number of benzene rings is 1. The van der Waals surface area contributed by atoms with Gasteiger partial charge in [0.25, 0.3) is 0 Å². The van der Waals surface area contributed by atoms with E-state index in [0.717, 1.165) is 18.9 Å². The van der Waals surface area contributed by atoms with Crippen molar-refractivity contribution in [2.45, 2.75) is 38.6 Å². The minimum Gasteiger partial charge on any atom is -0.321 e. The number of rotatable bonds is 2. The maximum Gasteiger partial charge on any atom is 0.184 e. The van der Waals surface area contributed by atoms with Crippen molar-refractivity contribution < 1.29 is 8.78 Å². The van der Waals surface area contributed by atoms with Crippen LogP contribution in [-0.4, -0.2) is 9.55 Å². The summed E-state index contributed by atoms with van der Waals surface area (Å²) in [5, 5.41) is 0. The zero-order valence-electron chi connectivity index (χ0n) is 11.5. The number of hydrogen-bond acceptors (Lipinski definition) is 1. The first kappa shape index (κ1) is 13.8. The maximum absolute atomic E-state index is 14.2. The van der Waals surface area contributed by atoms with E-state index in [2.05, 4.69) is 18.8 Å². The van der Waals surface area contributed by atoms with E-state index in [-0.39, 0.29) is 17.4 Å². The number of alkyl halides is 1. The lowest BCUT2D eigenvalue weighted by atomic mass is 9.97. The normalized spacial score (nSPS) is 26.6. The lowest BCUT2D eigenvalue weighted by Crippen LogP contribution is -2.17. The Morgan fingerprint density at radius 1 is 1.30 bits per heavy atom. The summed E-state index contributed by atoms with van der Waals surface area (Å²) < 4.78 is 29.6. The van der Waals surface area contributed by atoms with E-state index in [1.807, 2.05) is 4.57 Å². The van der Waals surface area contributed by atoms with Crippen LogP contribution in [0.2, 0.25) is 0 Å². The second-order valence-electron chi connectivity index (χ2n) is 5.74. The van der Waals surface area contributed by atoms with Crippen LogP contribution in [0.4, 0.5) is 8.78 Å². The second kappa shape index (κ2) is 4.99. The smallest absolute Gasteiger partial charge is 0.184 e. The Kier molecular flexibility index (Phi) is 3.44. The Balaban J connectivity index is 2.25. The molecular formula is C15H17ClF2N2. The average Bonchev–Trinajstić information content (AvgIpc) is 2.96. The topological polar surface area (TPSA) is 17.8 Å². The third kappa shape index (κ3) is 1.93. The van der Waals surface area contributed by atoms with Crippen LogP contribution in [0.1, 0.15) is 38.6 Å². The molecule has 1 saturated carbocycles. The molecule has 1 aromatic carbocycles. The Labute approximate surface area is 121 Å². The van der Waals surface area contributed by atoms with Crippen molar-refractivity contribution in [1.82, 2.24) is 9.55 Å². The van der Waals surface area contributed by atoms with Crippen LogP contribution in [0.15, 0.2) is 12.1 Å². The van der Waals surface area contributed by atoms with Gasteiger partial charge in [-0.05, 0) is 36.8 Å². The average molecular weight is 299 g/mol. The molecule has 1 fully saturated rings. The van der Waals surface area contributed by atoms with Gasteiger partial charge in [0.2, 0.25) is 0 Å².